The standard InChI is InChI=1S/C17H16N2O3S/c1-10-13(12-5-3-4-6-14(12)18-10)8-15(20)19-16-7-11(9-23-16)17(21)22-2/h3-7,9,18H,8H2,1-2H3,(H,19,20). The number of rotatable bonds is 4. The molecule has 118 valence electrons. The van der Waals surface area contributed by atoms with Crippen molar-refractivity contribution in [1.82, 2.24) is 4.98 Å². The van der Waals surface area contributed by atoms with Crippen LogP contribution in [0.2, 0.25) is 0 Å². The summed E-state index contributed by atoms with van der Waals surface area (Å²) in [6, 6.07) is 9.53. The van der Waals surface area contributed by atoms with Gasteiger partial charge in [-0.25, -0.2) is 4.79 Å². The van der Waals surface area contributed by atoms with E-state index in [9.17, 15) is 9.59 Å². The van der Waals surface area contributed by atoms with Gasteiger partial charge < -0.3 is 15.0 Å². The first-order valence-corrected chi connectivity index (χ1v) is 7.99. The number of para-hydroxylation sites is 1. The highest BCUT2D eigenvalue weighted by atomic mass is 32.1. The zero-order valence-corrected chi connectivity index (χ0v) is 13.6. The number of anilines is 1. The Balaban J connectivity index is 1.75. The lowest BCUT2D eigenvalue weighted by molar-refractivity contribution is -0.115. The van der Waals surface area contributed by atoms with Crippen molar-refractivity contribution in [2.45, 2.75) is 13.3 Å². The largest absolute Gasteiger partial charge is 0.465 e. The number of ether oxygens (including phenoxy) is 1. The fourth-order valence-electron chi connectivity index (χ4n) is 2.53. The molecular formula is C17H16N2O3S. The third kappa shape index (κ3) is 3.12. The first kappa shape index (κ1) is 15.3. The Hall–Kier alpha value is -2.60. The number of hydrogen-bond donors (Lipinski definition) is 2. The molecule has 6 heteroatoms. The van der Waals surface area contributed by atoms with Gasteiger partial charge in [-0.3, -0.25) is 4.79 Å². The first-order chi connectivity index (χ1) is 11.1. The second-order valence-corrected chi connectivity index (χ2v) is 6.10. The van der Waals surface area contributed by atoms with Gasteiger partial charge in [-0.1, -0.05) is 18.2 Å². The number of aromatic amines is 1. The molecule has 0 atom stereocenters. The van der Waals surface area contributed by atoms with Crippen molar-refractivity contribution in [2.75, 3.05) is 12.4 Å². The number of fused-ring (bicyclic) bond motifs is 1. The molecule has 23 heavy (non-hydrogen) atoms. The molecule has 1 aromatic carbocycles. The van der Waals surface area contributed by atoms with Crippen molar-refractivity contribution in [2.24, 2.45) is 0 Å². The van der Waals surface area contributed by atoms with E-state index in [4.69, 9.17) is 0 Å². The van der Waals surface area contributed by atoms with E-state index in [2.05, 4.69) is 15.0 Å². The zero-order valence-electron chi connectivity index (χ0n) is 12.8. The van der Waals surface area contributed by atoms with Crippen LogP contribution in [-0.2, 0) is 16.0 Å². The van der Waals surface area contributed by atoms with Crippen molar-refractivity contribution in [1.29, 1.82) is 0 Å². The minimum atomic E-state index is -0.408. The molecule has 3 rings (SSSR count). The van der Waals surface area contributed by atoms with E-state index in [0.717, 1.165) is 22.2 Å². The number of esters is 1. The van der Waals surface area contributed by atoms with Crippen LogP contribution in [0.4, 0.5) is 5.00 Å². The molecule has 3 aromatic rings. The molecule has 2 aromatic heterocycles. The number of amides is 1. The fourth-order valence-corrected chi connectivity index (χ4v) is 3.32. The molecule has 0 aliphatic rings. The summed E-state index contributed by atoms with van der Waals surface area (Å²) in [5, 5.41) is 6.18. The Kier molecular flexibility index (Phi) is 4.16. The number of aryl methyl sites for hydroxylation is 1. The van der Waals surface area contributed by atoms with Gasteiger partial charge in [0.2, 0.25) is 5.91 Å². The van der Waals surface area contributed by atoms with E-state index in [1.54, 1.807) is 11.4 Å². The molecule has 0 spiro atoms. The molecule has 5 nitrogen and oxygen atoms in total. The van der Waals surface area contributed by atoms with Gasteiger partial charge in [-0.2, -0.15) is 0 Å². The van der Waals surface area contributed by atoms with Crippen LogP contribution in [0.25, 0.3) is 10.9 Å². The van der Waals surface area contributed by atoms with Crippen LogP contribution in [0.1, 0.15) is 21.6 Å². The zero-order chi connectivity index (χ0) is 16.4. The summed E-state index contributed by atoms with van der Waals surface area (Å²) in [5.74, 6) is -0.523. The third-order valence-electron chi connectivity index (χ3n) is 3.65. The molecule has 1 amide bonds. The van der Waals surface area contributed by atoms with Gasteiger partial charge in [0.15, 0.2) is 0 Å². The Morgan fingerprint density at radius 3 is 2.87 bits per heavy atom. The van der Waals surface area contributed by atoms with E-state index < -0.39 is 5.97 Å². The molecular weight excluding hydrogens is 312 g/mol. The highest BCUT2D eigenvalue weighted by molar-refractivity contribution is 7.14. The van der Waals surface area contributed by atoms with Crippen LogP contribution >= 0.6 is 11.3 Å². The minimum absolute atomic E-state index is 0.115. The van der Waals surface area contributed by atoms with Gasteiger partial charge in [-0.15, -0.1) is 11.3 Å². The second kappa shape index (κ2) is 6.26. The summed E-state index contributed by atoms with van der Waals surface area (Å²) in [5.41, 5.74) is 3.44. The van der Waals surface area contributed by atoms with Gasteiger partial charge in [-0.05, 0) is 24.6 Å². The summed E-state index contributed by atoms with van der Waals surface area (Å²) < 4.78 is 4.65. The molecule has 2 N–H and O–H groups in total. The van der Waals surface area contributed by atoms with Crippen molar-refractivity contribution in [3.05, 3.63) is 52.5 Å². The lowest BCUT2D eigenvalue weighted by Crippen LogP contribution is -2.14. The highest BCUT2D eigenvalue weighted by Gasteiger charge is 2.14. The quantitative estimate of drug-likeness (QED) is 0.720. The minimum Gasteiger partial charge on any atom is -0.465 e. The summed E-state index contributed by atoms with van der Waals surface area (Å²) >= 11 is 1.30. The second-order valence-electron chi connectivity index (χ2n) is 5.19. The summed E-state index contributed by atoms with van der Waals surface area (Å²) in [6.07, 6.45) is 0.279. The third-order valence-corrected chi connectivity index (χ3v) is 4.49. The van der Waals surface area contributed by atoms with Crippen LogP contribution in [0.3, 0.4) is 0 Å². The molecule has 0 aliphatic carbocycles. The van der Waals surface area contributed by atoms with Gasteiger partial charge in [0, 0.05) is 22.0 Å². The lowest BCUT2D eigenvalue weighted by atomic mass is 10.1. The molecule has 0 saturated heterocycles. The monoisotopic (exact) mass is 328 g/mol. The Bertz CT molecular complexity index is 879. The summed E-state index contributed by atoms with van der Waals surface area (Å²) in [6.45, 7) is 1.96. The number of carbonyl (C=O) groups is 2. The normalized spacial score (nSPS) is 10.7. The predicted octanol–water partition coefficient (Wildman–Crippen LogP) is 3.51. The van der Waals surface area contributed by atoms with Crippen LogP contribution in [0, 0.1) is 6.92 Å². The van der Waals surface area contributed by atoms with Gasteiger partial charge in [0.25, 0.3) is 0 Å². The number of hydrogen-bond acceptors (Lipinski definition) is 4. The Labute approximate surface area is 137 Å². The number of methoxy groups -OCH3 is 1. The molecule has 0 aliphatic heterocycles. The summed E-state index contributed by atoms with van der Waals surface area (Å²) in [7, 11) is 1.33. The van der Waals surface area contributed by atoms with E-state index in [1.165, 1.54) is 18.4 Å². The topological polar surface area (TPSA) is 71.2 Å². The lowest BCUT2D eigenvalue weighted by Gasteiger charge is -2.03. The number of carbonyl (C=O) groups excluding carboxylic acids is 2. The maximum Gasteiger partial charge on any atom is 0.338 e. The molecule has 0 unspecified atom stereocenters. The Morgan fingerprint density at radius 2 is 2.09 bits per heavy atom. The van der Waals surface area contributed by atoms with E-state index in [1.807, 2.05) is 31.2 Å². The van der Waals surface area contributed by atoms with Crippen molar-refractivity contribution in [3.8, 4) is 0 Å². The van der Waals surface area contributed by atoms with E-state index >= 15 is 0 Å². The summed E-state index contributed by atoms with van der Waals surface area (Å²) in [4.78, 5) is 27.0. The van der Waals surface area contributed by atoms with Crippen molar-refractivity contribution in [3.63, 3.8) is 0 Å². The maximum absolute atomic E-state index is 12.3. The van der Waals surface area contributed by atoms with E-state index in [-0.39, 0.29) is 12.3 Å². The number of H-pyrrole nitrogens is 1. The van der Waals surface area contributed by atoms with Crippen LogP contribution in [-0.4, -0.2) is 24.0 Å². The average molecular weight is 328 g/mol. The molecule has 0 saturated carbocycles. The SMILES string of the molecule is COC(=O)c1csc(NC(=O)Cc2c(C)[nH]c3ccccc23)c1. The Morgan fingerprint density at radius 1 is 1.30 bits per heavy atom. The molecule has 0 radical (unpaired) electrons. The van der Waals surface area contributed by atoms with Gasteiger partial charge in [0.05, 0.1) is 24.1 Å². The number of thiophene rings is 1. The first-order valence-electron chi connectivity index (χ1n) is 7.11. The van der Waals surface area contributed by atoms with Crippen molar-refractivity contribution >= 4 is 39.1 Å². The molecule has 2 heterocycles. The molecule has 0 bridgehead atoms. The fraction of sp³-hybridized carbons (Fsp3) is 0.176. The number of aromatic nitrogens is 1. The van der Waals surface area contributed by atoms with Gasteiger partial charge in [0.1, 0.15) is 0 Å². The molecule has 0 fully saturated rings. The average Bonchev–Trinajstić information content (AvgIpc) is 3.12. The number of benzene rings is 1. The van der Waals surface area contributed by atoms with Gasteiger partial charge >= 0.3 is 5.97 Å². The van der Waals surface area contributed by atoms with Crippen LogP contribution < -0.4 is 5.32 Å². The highest BCUT2D eigenvalue weighted by Crippen LogP contribution is 2.24. The van der Waals surface area contributed by atoms with E-state index in [0.29, 0.717) is 10.6 Å². The maximum atomic E-state index is 12.3. The van der Waals surface area contributed by atoms with Crippen LogP contribution in [0.5, 0.6) is 0 Å². The predicted molar refractivity (Wildman–Crippen MR) is 91.0 cm³/mol. The number of nitrogens with one attached hydrogen (secondary N) is 2. The van der Waals surface area contributed by atoms with Crippen molar-refractivity contribution < 1.29 is 14.3 Å². The van der Waals surface area contributed by atoms with Crippen LogP contribution in [0.15, 0.2) is 35.7 Å². The smallest absolute Gasteiger partial charge is 0.338 e.